The molecule has 2 nitrogen and oxygen atoms in total. The van der Waals surface area contributed by atoms with E-state index in [1.54, 1.807) is 7.11 Å². The predicted molar refractivity (Wildman–Crippen MR) is 78.7 cm³/mol. The molecule has 2 bridgehead atoms. The van der Waals surface area contributed by atoms with Gasteiger partial charge in [-0.05, 0) is 56.5 Å². The molecule has 0 radical (unpaired) electrons. The summed E-state index contributed by atoms with van der Waals surface area (Å²) in [4.78, 5) is 2.57. The Morgan fingerprint density at radius 3 is 2.95 bits per heavy atom. The smallest absolute Gasteiger partial charge is 0.119 e. The summed E-state index contributed by atoms with van der Waals surface area (Å²) in [6.45, 7) is 3.69. The van der Waals surface area contributed by atoms with Crippen LogP contribution in [-0.2, 0) is 5.41 Å². The van der Waals surface area contributed by atoms with Gasteiger partial charge in [-0.3, -0.25) is 0 Å². The number of ether oxygens (including phenoxy) is 1. The van der Waals surface area contributed by atoms with Crippen molar-refractivity contribution in [1.29, 1.82) is 0 Å². The van der Waals surface area contributed by atoms with E-state index in [9.17, 15) is 0 Å². The van der Waals surface area contributed by atoms with Gasteiger partial charge in [-0.1, -0.05) is 25.5 Å². The fourth-order valence-electron chi connectivity index (χ4n) is 4.45. The molecule has 1 heterocycles. The molecule has 19 heavy (non-hydrogen) atoms. The molecule has 1 aliphatic carbocycles. The number of methoxy groups -OCH3 is 1. The van der Waals surface area contributed by atoms with E-state index in [0.717, 1.165) is 17.7 Å². The lowest BCUT2D eigenvalue weighted by molar-refractivity contribution is 0.0126. The fourth-order valence-corrected chi connectivity index (χ4v) is 4.45. The summed E-state index contributed by atoms with van der Waals surface area (Å²) in [6, 6.07) is 9.54. The number of nitrogens with zero attached hydrogens (tertiary/aromatic N) is 1. The third-order valence-electron chi connectivity index (χ3n) is 5.69. The fraction of sp³-hybridized carbons (Fsp3) is 0.647. The van der Waals surface area contributed by atoms with Crippen molar-refractivity contribution in [2.24, 2.45) is 5.92 Å². The highest BCUT2D eigenvalue weighted by molar-refractivity contribution is 5.36. The van der Waals surface area contributed by atoms with Crippen LogP contribution < -0.4 is 4.74 Å². The Morgan fingerprint density at radius 2 is 2.16 bits per heavy atom. The molecule has 1 unspecified atom stereocenters. The van der Waals surface area contributed by atoms with Crippen molar-refractivity contribution in [1.82, 2.24) is 4.90 Å². The Labute approximate surface area is 116 Å². The highest BCUT2D eigenvalue weighted by atomic mass is 16.5. The highest BCUT2D eigenvalue weighted by Gasteiger charge is 2.48. The number of likely N-dealkylation sites (tertiary alicyclic amines) is 1. The second-order valence-electron chi connectivity index (χ2n) is 6.37. The normalized spacial score (nSPS) is 35.1. The van der Waals surface area contributed by atoms with Crippen LogP contribution in [0.3, 0.4) is 0 Å². The lowest BCUT2D eigenvalue weighted by Crippen LogP contribution is -2.56. The van der Waals surface area contributed by atoms with Crippen LogP contribution >= 0.6 is 0 Å². The van der Waals surface area contributed by atoms with Gasteiger partial charge in [-0.2, -0.15) is 0 Å². The zero-order valence-corrected chi connectivity index (χ0v) is 12.4. The standard InChI is InChI=1S/C17H25NO/c1-13-16-8-5-9-17(13,10-11-18(16)2)14-6-4-7-15(12-14)19-3/h4,6-7,12-13,16H,5,8-11H2,1-3H3/t13-,16?,17-/m0/s1. The van der Waals surface area contributed by atoms with Gasteiger partial charge in [0, 0.05) is 11.5 Å². The first kappa shape index (κ1) is 13.0. The van der Waals surface area contributed by atoms with Crippen molar-refractivity contribution < 1.29 is 4.74 Å². The second-order valence-corrected chi connectivity index (χ2v) is 6.37. The lowest BCUT2D eigenvalue weighted by atomic mass is 9.57. The summed E-state index contributed by atoms with van der Waals surface area (Å²) in [6.07, 6.45) is 5.35. The monoisotopic (exact) mass is 259 g/mol. The van der Waals surface area contributed by atoms with Crippen LogP contribution in [0.1, 0.15) is 38.2 Å². The van der Waals surface area contributed by atoms with Crippen LogP contribution in [0.15, 0.2) is 24.3 Å². The summed E-state index contributed by atoms with van der Waals surface area (Å²) < 4.78 is 5.43. The number of benzene rings is 1. The molecule has 0 spiro atoms. The summed E-state index contributed by atoms with van der Waals surface area (Å²) in [5.41, 5.74) is 1.88. The first-order valence-electron chi connectivity index (χ1n) is 7.52. The molecule has 1 saturated carbocycles. The van der Waals surface area contributed by atoms with Crippen molar-refractivity contribution in [3.63, 3.8) is 0 Å². The minimum atomic E-state index is 0.379. The largest absolute Gasteiger partial charge is 0.497 e. The number of hydrogen-bond donors (Lipinski definition) is 0. The van der Waals surface area contributed by atoms with Crippen LogP contribution in [0.5, 0.6) is 5.75 Å². The molecule has 0 N–H and O–H groups in total. The quantitative estimate of drug-likeness (QED) is 0.806. The van der Waals surface area contributed by atoms with Crippen LogP contribution in [0.4, 0.5) is 0 Å². The van der Waals surface area contributed by atoms with Gasteiger partial charge in [0.1, 0.15) is 5.75 Å². The summed E-state index contributed by atoms with van der Waals surface area (Å²) >= 11 is 0. The molecule has 0 aromatic heterocycles. The molecule has 1 saturated heterocycles. The van der Waals surface area contributed by atoms with Gasteiger partial charge in [0.25, 0.3) is 0 Å². The molecular weight excluding hydrogens is 234 g/mol. The van der Waals surface area contributed by atoms with E-state index in [-0.39, 0.29) is 0 Å². The molecule has 1 aliphatic heterocycles. The van der Waals surface area contributed by atoms with E-state index in [4.69, 9.17) is 4.74 Å². The van der Waals surface area contributed by atoms with E-state index in [0.29, 0.717) is 5.41 Å². The summed E-state index contributed by atoms with van der Waals surface area (Å²) in [5, 5.41) is 0. The van der Waals surface area contributed by atoms with Gasteiger partial charge in [0.2, 0.25) is 0 Å². The van der Waals surface area contributed by atoms with E-state index in [1.165, 1.54) is 37.8 Å². The van der Waals surface area contributed by atoms with Crippen molar-refractivity contribution in [2.45, 2.75) is 44.1 Å². The number of fused-ring (bicyclic) bond motifs is 2. The minimum absolute atomic E-state index is 0.379. The Hall–Kier alpha value is -1.02. The molecule has 3 rings (SSSR count). The maximum atomic E-state index is 5.43. The predicted octanol–water partition coefficient (Wildman–Crippen LogP) is 3.46. The molecule has 2 fully saturated rings. The average Bonchev–Trinajstić information content (AvgIpc) is 2.44. The Morgan fingerprint density at radius 1 is 1.32 bits per heavy atom. The lowest BCUT2D eigenvalue weighted by Gasteiger charge is -2.55. The Balaban J connectivity index is 2.00. The summed E-state index contributed by atoms with van der Waals surface area (Å²) in [7, 11) is 4.06. The average molecular weight is 259 g/mol. The van der Waals surface area contributed by atoms with E-state index >= 15 is 0 Å². The highest BCUT2D eigenvalue weighted by Crippen LogP contribution is 2.50. The van der Waals surface area contributed by atoms with Gasteiger partial charge >= 0.3 is 0 Å². The second kappa shape index (κ2) is 4.82. The van der Waals surface area contributed by atoms with Crippen molar-refractivity contribution in [3.05, 3.63) is 29.8 Å². The first-order valence-corrected chi connectivity index (χ1v) is 7.52. The Kier molecular flexibility index (Phi) is 3.30. The summed E-state index contributed by atoms with van der Waals surface area (Å²) in [5.74, 6) is 1.74. The van der Waals surface area contributed by atoms with E-state index < -0.39 is 0 Å². The van der Waals surface area contributed by atoms with Gasteiger partial charge < -0.3 is 9.64 Å². The third-order valence-corrected chi connectivity index (χ3v) is 5.69. The van der Waals surface area contributed by atoms with E-state index in [1.807, 2.05) is 0 Å². The molecule has 1 aromatic carbocycles. The first-order chi connectivity index (χ1) is 9.17. The van der Waals surface area contributed by atoms with Crippen LogP contribution in [0.2, 0.25) is 0 Å². The zero-order valence-electron chi connectivity index (χ0n) is 12.4. The maximum Gasteiger partial charge on any atom is 0.119 e. The molecule has 1 aromatic rings. The third kappa shape index (κ3) is 1.97. The van der Waals surface area contributed by atoms with Crippen LogP contribution in [0, 0.1) is 5.92 Å². The molecule has 104 valence electrons. The number of hydrogen-bond acceptors (Lipinski definition) is 2. The molecular formula is C17H25NO. The van der Waals surface area contributed by atoms with Crippen molar-refractivity contribution in [2.75, 3.05) is 20.7 Å². The van der Waals surface area contributed by atoms with Crippen LogP contribution in [0.25, 0.3) is 0 Å². The van der Waals surface area contributed by atoms with Gasteiger partial charge in [0.15, 0.2) is 0 Å². The maximum absolute atomic E-state index is 5.43. The van der Waals surface area contributed by atoms with Gasteiger partial charge in [-0.15, -0.1) is 0 Å². The van der Waals surface area contributed by atoms with Crippen molar-refractivity contribution >= 4 is 0 Å². The topological polar surface area (TPSA) is 12.5 Å². The Bertz CT molecular complexity index is 458. The zero-order chi connectivity index (χ0) is 13.5. The minimum Gasteiger partial charge on any atom is -0.497 e. The van der Waals surface area contributed by atoms with Crippen molar-refractivity contribution in [3.8, 4) is 5.75 Å². The molecule has 2 aliphatic rings. The molecule has 3 atom stereocenters. The van der Waals surface area contributed by atoms with E-state index in [2.05, 4.69) is 43.1 Å². The van der Waals surface area contributed by atoms with Crippen LogP contribution in [-0.4, -0.2) is 31.6 Å². The van der Waals surface area contributed by atoms with Gasteiger partial charge in [-0.25, -0.2) is 0 Å². The molecule has 0 amide bonds. The SMILES string of the molecule is COc1cccc([C@]23CCCC([C@@H]2C)N(C)CC3)c1. The van der Waals surface area contributed by atoms with Gasteiger partial charge in [0.05, 0.1) is 7.11 Å². The number of piperidine rings is 1. The molecule has 2 heteroatoms. The number of rotatable bonds is 2.